The molecular weight excluding hydrogens is 427 g/mol. The summed E-state index contributed by atoms with van der Waals surface area (Å²) in [5, 5.41) is 6.72. The fourth-order valence-corrected chi connectivity index (χ4v) is 2.90. The molecule has 2 aromatic rings. The van der Waals surface area contributed by atoms with E-state index in [-0.39, 0.29) is 24.0 Å². The van der Waals surface area contributed by atoms with Crippen LogP contribution in [0.25, 0.3) is 0 Å². The molecule has 0 radical (unpaired) electrons. The van der Waals surface area contributed by atoms with Crippen LogP contribution >= 0.6 is 24.0 Å². The molecule has 1 aliphatic rings. The van der Waals surface area contributed by atoms with Gasteiger partial charge in [0.15, 0.2) is 5.96 Å². The minimum Gasteiger partial charge on any atom is -0.444 e. The number of nitrogens with zero attached hydrogens (tertiary/aromatic N) is 2. The fraction of sp³-hybridized carbons (Fsp3) is 0.474. The Balaban J connectivity index is 0.00000225. The Kier molecular flexibility index (Phi) is 7.28. The zero-order chi connectivity index (χ0) is 16.9. The number of hydrogen-bond donors (Lipinski definition) is 2. The Morgan fingerprint density at radius 2 is 2.00 bits per heavy atom. The summed E-state index contributed by atoms with van der Waals surface area (Å²) in [5.41, 5.74) is 2.37. The molecule has 5 nitrogen and oxygen atoms in total. The Morgan fingerprint density at radius 1 is 1.24 bits per heavy atom. The van der Waals surface area contributed by atoms with Crippen LogP contribution in [0.2, 0.25) is 0 Å². The van der Waals surface area contributed by atoms with Crippen molar-refractivity contribution in [3.63, 3.8) is 0 Å². The Hall–Kier alpha value is -1.57. The Labute approximate surface area is 166 Å². The van der Waals surface area contributed by atoms with Gasteiger partial charge in [0, 0.05) is 13.1 Å². The highest BCUT2D eigenvalue weighted by Gasteiger charge is 2.37. The van der Waals surface area contributed by atoms with Crippen molar-refractivity contribution in [3.05, 3.63) is 53.2 Å². The molecule has 1 aliphatic carbocycles. The van der Waals surface area contributed by atoms with Crippen molar-refractivity contribution in [2.75, 3.05) is 13.1 Å². The summed E-state index contributed by atoms with van der Waals surface area (Å²) < 4.78 is 5.58. The standard InChI is InChI=1S/C19H26N4O.HI/c1-4-20-19(22-12-18-23-13(2)14(3)24-18)21-11-16-10-17(16)15-8-6-5-7-9-15;/h5-9,16-17H,4,10-12H2,1-3H3,(H2,20,21,22);1H. The maximum atomic E-state index is 5.58. The number of halogens is 1. The van der Waals surface area contributed by atoms with E-state index in [1.807, 2.05) is 13.8 Å². The van der Waals surface area contributed by atoms with Gasteiger partial charge in [0.1, 0.15) is 12.3 Å². The second-order valence-corrected chi connectivity index (χ2v) is 6.34. The monoisotopic (exact) mass is 454 g/mol. The van der Waals surface area contributed by atoms with Gasteiger partial charge in [-0.1, -0.05) is 30.3 Å². The van der Waals surface area contributed by atoms with Gasteiger partial charge < -0.3 is 15.1 Å². The van der Waals surface area contributed by atoms with E-state index in [0.717, 1.165) is 30.5 Å². The number of oxazole rings is 1. The van der Waals surface area contributed by atoms with Gasteiger partial charge in [-0.2, -0.15) is 0 Å². The number of aliphatic imine (C=N–C) groups is 1. The molecule has 3 rings (SSSR count). The van der Waals surface area contributed by atoms with Gasteiger partial charge in [-0.3, -0.25) is 0 Å². The summed E-state index contributed by atoms with van der Waals surface area (Å²) in [6.45, 7) is 8.18. The molecule has 0 aliphatic heterocycles. The number of hydrogen-bond acceptors (Lipinski definition) is 3. The maximum Gasteiger partial charge on any atom is 0.216 e. The minimum absolute atomic E-state index is 0. The Morgan fingerprint density at radius 3 is 2.64 bits per heavy atom. The third-order valence-corrected chi connectivity index (χ3v) is 4.47. The van der Waals surface area contributed by atoms with Crippen LogP contribution in [0.3, 0.4) is 0 Å². The van der Waals surface area contributed by atoms with Crippen LogP contribution in [0, 0.1) is 19.8 Å². The first-order chi connectivity index (χ1) is 11.7. The van der Waals surface area contributed by atoms with E-state index >= 15 is 0 Å². The van der Waals surface area contributed by atoms with Crippen molar-refractivity contribution < 1.29 is 4.42 Å². The maximum absolute atomic E-state index is 5.58. The van der Waals surface area contributed by atoms with Crippen molar-refractivity contribution in [1.82, 2.24) is 15.6 Å². The SMILES string of the molecule is CCNC(=NCc1nc(C)c(C)o1)NCC1CC1c1ccccc1.I. The molecule has 2 N–H and O–H groups in total. The highest BCUT2D eigenvalue weighted by molar-refractivity contribution is 14.0. The lowest BCUT2D eigenvalue weighted by atomic mass is 10.1. The van der Waals surface area contributed by atoms with E-state index in [1.165, 1.54) is 12.0 Å². The Bertz CT molecular complexity index is 679. The van der Waals surface area contributed by atoms with E-state index in [4.69, 9.17) is 4.42 Å². The molecule has 0 saturated heterocycles. The predicted molar refractivity (Wildman–Crippen MR) is 112 cm³/mol. The largest absolute Gasteiger partial charge is 0.444 e. The van der Waals surface area contributed by atoms with E-state index in [2.05, 4.69) is 57.9 Å². The van der Waals surface area contributed by atoms with Crippen molar-refractivity contribution in [2.45, 2.75) is 39.7 Å². The third kappa shape index (κ3) is 5.45. The summed E-state index contributed by atoms with van der Waals surface area (Å²) in [5.74, 6) is 3.71. The fourth-order valence-electron chi connectivity index (χ4n) is 2.90. The normalized spacial score (nSPS) is 19.2. The van der Waals surface area contributed by atoms with Crippen LogP contribution in [-0.2, 0) is 6.54 Å². The lowest BCUT2D eigenvalue weighted by Gasteiger charge is -2.10. The molecular formula is C19H27IN4O. The van der Waals surface area contributed by atoms with Crippen LogP contribution in [0.4, 0.5) is 0 Å². The summed E-state index contributed by atoms with van der Waals surface area (Å²) in [7, 11) is 0. The van der Waals surface area contributed by atoms with E-state index in [9.17, 15) is 0 Å². The summed E-state index contributed by atoms with van der Waals surface area (Å²) >= 11 is 0. The van der Waals surface area contributed by atoms with Crippen molar-refractivity contribution in [3.8, 4) is 0 Å². The average molecular weight is 454 g/mol. The zero-order valence-electron chi connectivity index (χ0n) is 15.1. The van der Waals surface area contributed by atoms with Crippen LogP contribution in [0.5, 0.6) is 0 Å². The van der Waals surface area contributed by atoms with Gasteiger partial charge in [0.25, 0.3) is 0 Å². The number of nitrogens with one attached hydrogen (secondary N) is 2. The van der Waals surface area contributed by atoms with Crippen LogP contribution in [-0.4, -0.2) is 24.0 Å². The second kappa shape index (κ2) is 9.22. The van der Waals surface area contributed by atoms with Gasteiger partial charge >= 0.3 is 0 Å². The third-order valence-electron chi connectivity index (χ3n) is 4.47. The van der Waals surface area contributed by atoms with Crippen LogP contribution in [0.1, 0.15) is 42.2 Å². The molecule has 1 saturated carbocycles. The minimum atomic E-state index is 0. The molecule has 1 aromatic carbocycles. The van der Waals surface area contributed by atoms with E-state index in [0.29, 0.717) is 24.3 Å². The van der Waals surface area contributed by atoms with Crippen molar-refractivity contribution >= 4 is 29.9 Å². The highest BCUT2D eigenvalue weighted by atomic mass is 127. The van der Waals surface area contributed by atoms with E-state index in [1.54, 1.807) is 0 Å². The van der Waals surface area contributed by atoms with Gasteiger partial charge in [-0.05, 0) is 44.6 Å². The molecule has 1 heterocycles. The van der Waals surface area contributed by atoms with Gasteiger partial charge in [0.05, 0.1) is 5.69 Å². The number of aromatic nitrogens is 1. The molecule has 2 unspecified atom stereocenters. The van der Waals surface area contributed by atoms with E-state index < -0.39 is 0 Å². The van der Waals surface area contributed by atoms with Crippen LogP contribution in [0.15, 0.2) is 39.7 Å². The van der Waals surface area contributed by atoms with Gasteiger partial charge in [-0.25, -0.2) is 9.98 Å². The molecule has 0 spiro atoms. The quantitative estimate of drug-likeness (QED) is 0.397. The lowest BCUT2D eigenvalue weighted by molar-refractivity contribution is 0.472. The number of rotatable bonds is 6. The number of guanidine groups is 1. The number of aryl methyl sites for hydroxylation is 2. The lowest BCUT2D eigenvalue weighted by Crippen LogP contribution is -2.38. The van der Waals surface area contributed by atoms with Crippen LogP contribution < -0.4 is 10.6 Å². The first kappa shape index (κ1) is 19.8. The summed E-state index contributed by atoms with van der Waals surface area (Å²) in [6, 6.07) is 10.7. The summed E-state index contributed by atoms with van der Waals surface area (Å²) in [6.07, 6.45) is 1.24. The van der Waals surface area contributed by atoms with Crippen molar-refractivity contribution in [2.24, 2.45) is 10.9 Å². The molecule has 0 bridgehead atoms. The molecule has 6 heteroatoms. The smallest absolute Gasteiger partial charge is 0.216 e. The summed E-state index contributed by atoms with van der Waals surface area (Å²) in [4.78, 5) is 8.95. The molecule has 1 fully saturated rings. The first-order valence-corrected chi connectivity index (χ1v) is 8.67. The predicted octanol–water partition coefficient (Wildman–Crippen LogP) is 3.77. The average Bonchev–Trinajstić information content (AvgIpc) is 3.30. The highest BCUT2D eigenvalue weighted by Crippen LogP contribution is 2.46. The molecule has 1 aromatic heterocycles. The molecule has 2 atom stereocenters. The van der Waals surface area contributed by atoms with Crippen molar-refractivity contribution in [1.29, 1.82) is 0 Å². The zero-order valence-corrected chi connectivity index (χ0v) is 17.4. The van der Waals surface area contributed by atoms with Gasteiger partial charge in [0.2, 0.25) is 5.89 Å². The topological polar surface area (TPSA) is 62.5 Å². The number of benzene rings is 1. The van der Waals surface area contributed by atoms with Gasteiger partial charge in [-0.15, -0.1) is 24.0 Å². The second-order valence-electron chi connectivity index (χ2n) is 6.34. The molecule has 25 heavy (non-hydrogen) atoms. The molecule has 0 amide bonds. The molecule has 136 valence electrons. The first-order valence-electron chi connectivity index (χ1n) is 8.67.